The monoisotopic (exact) mass is 674 g/mol. The average molecular weight is 675 g/mol. The second-order valence-electron chi connectivity index (χ2n) is 10.4. The van der Waals surface area contributed by atoms with E-state index in [1.165, 1.54) is 0 Å². The third-order valence-electron chi connectivity index (χ3n) is 7.81. The van der Waals surface area contributed by atoms with Crippen LogP contribution in [0.1, 0.15) is 49.1 Å². The second kappa shape index (κ2) is 13.3. The summed E-state index contributed by atoms with van der Waals surface area (Å²) in [7, 11) is 1.55. The van der Waals surface area contributed by atoms with Gasteiger partial charge in [0.2, 0.25) is 5.91 Å². The maximum Gasteiger partial charge on any atom is 0.290 e. The molecule has 0 radical (unpaired) electrons. The lowest BCUT2D eigenvalue weighted by molar-refractivity contribution is -0.118. The molecule has 0 bridgehead atoms. The number of ether oxygens (including phenoxy) is 2. The predicted molar refractivity (Wildman–Crippen MR) is 162 cm³/mol. The van der Waals surface area contributed by atoms with Crippen LogP contribution in [0.15, 0.2) is 64.6 Å². The van der Waals surface area contributed by atoms with Crippen molar-refractivity contribution < 1.29 is 33.7 Å². The lowest BCUT2D eigenvalue weighted by atomic mass is 9.85. The quantitative estimate of drug-likeness (QED) is 0.287. The Hall–Kier alpha value is -3.09. The molecule has 2 aromatic carbocycles. The minimum absolute atomic E-state index is 0.0948. The first-order chi connectivity index (χ1) is 19.9. The van der Waals surface area contributed by atoms with Gasteiger partial charge in [-0.05, 0) is 65.8 Å². The Morgan fingerprint density at radius 1 is 1.10 bits per heavy atom. The zero-order chi connectivity index (χ0) is 28.9. The highest BCUT2D eigenvalue weighted by Crippen LogP contribution is 2.36. The lowest BCUT2D eigenvalue weighted by Crippen LogP contribution is -2.58. The third-order valence-corrected chi connectivity index (χ3v) is 8.70. The van der Waals surface area contributed by atoms with Crippen LogP contribution in [-0.4, -0.2) is 71.5 Å². The van der Waals surface area contributed by atoms with Crippen molar-refractivity contribution in [3.05, 3.63) is 69.5 Å². The van der Waals surface area contributed by atoms with Gasteiger partial charge in [0, 0.05) is 30.0 Å². The standard InChI is InChI=1S/C31H35IN2O7/c1-39-25-13-7-8-19-17-27(41-29(19)25)31(38)34(21-9-3-2-4-10-21)23-16-20(30(37)33-14-15-35)18-26(28(23)36)40-24-12-6-5-11-22(24)32/h5-8,11-13,17-18,21,23,26,28,35-36H,2-4,9-10,14-16H2,1H3,(H,33,37)/t23-,26+,28+/m1/s1. The number of carbonyl (C=O) groups excluding carboxylic acids is 2. The summed E-state index contributed by atoms with van der Waals surface area (Å²) in [6, 6.07) is 13.7. The molecule has 41 heavy (non-hydrogen) atoms. The predicted octanol–water partition coefficient (Wildman–Crippen LogP) is 4.44. The van der Waals surface area contributed by atoms with E-state index in [1.54, 1.807) is 30.2 Å². The van der Waals surface area contributed by atoms with Crippen molar-refractivity contribution in [3.8, 4) is 11.5 Å². The molecular formula is C31H35IN2O7. The molecule has 0 saturated heterocycles. The second-order valence-corrected chi connectivity index (χ2v) is 11.6. The highest BCUT2D eigenvalue weighted by Gasteiger charge is 2.44. The lowest BCUT2D eigenvalue weighted by Gasteiger charge is -2.44. The van der Waals surface area contributed by atoms with Gasteiger partial charge < -0.3 is 34.3 Å². The number of nitrogens with one attached hydrogen (secondary N) is 1. The van der Waals surface area contributed by atoms with Crippen LogP contribution in [0, 0.1) is 3.57 Å². The largest absolute Gasteiger partial charge is 0.493 e. The molecule has 3 N–H and O–H groups in total. The van der Waals surface area contributed by atoms with E-state index in [2.05, 4.69) is 27.9 Å². The van der Waals surface area contributed by atoms with Gasteiger partial charge in [0.25, 0.3) is 5.91 Å². The summed E-state index contributed by atoms with van der Waals surface area (Å²) in [5.41, 5.74) is 0.875. The number of halogens is 1. The Kier molecular flexibility index (Phi) is 9.51. The van der Waals surface area contributed by atoms with E-state index < -0.39 is 18.2 Å². The number of hydrogen-bond donors (Lipinski definition) is 3. The number of aliphatic hydroxyl groups is 2. The number of fused-ring (bicyclic) bond motifs is 1. The van der Waals surface area contributed by atoms with E-state index in [4.69, 9.17) is 13.9 Å². The molecule has 10 heteroatoms. The van der Waals surface area contributed by atoms with Gasteiger partial charge in [-0.25, -0.2) is 0 Å². The highest BCUT2D eigenvalue weighted by molar-refractivity contribution is 14.1. The number of benzene rings is 2. The first-order valence-corrected chi connectivity index (χ1v) is 15.1. The topological polar surface area (TPSA) is 121 Å². The van der Waals surface area contributed by atoms with Crippen LogP contribution in [0.5, 0.6) is 11.5 Å². The Morgan fingerprint density at radius 3 is 2.59 bits per heavy atom. The fraction of sp³-hybridized carbons (Fsp3) is 0.419. The molecule has 2 aliphatic rings. The van der Waals surface area contributed by atoms with Gasteiger partial charge in [-0.2, -0.15) is 0 Å². The maximum absolute atomic E-state index is 14.3. The van der Waals surface area contributed by atoms with Crippen LogP contribution < -0.4 is 14.8 Å². The van der Waals surface area contributed by atoms with E-state index in [-0.39, 0.29) is 43.2 Å². The molecule has 1 saturated carbocycles. The van der Waals surface area contributed by atoms with Gasteiger partial charge in [-0.15, -0.1) is 0 Å². The van der Waals surface area contributed by atoms with E-state index in [9.17, 15) is 19.8 Å². The van der Waals surface area contributed by atoms with Crippen molar-refractivity contribution in [2.24, 2.45) is 0 Å². The number of methoxy groups -OCH3 is 1. The number of amides is 2. The number of rotatable bonds is 9. The van der Waals surface area contributed by atoms with Gasteiger partial charge in [0.15, 0.2) is 17.1 Å². The summed E-state index contributed by atoms with van der Waals surface area (Å²) in [4.78, 5) is 29.2. The van der Waals surface area contributed by atoms with E-state index in [1.807, 2.05) is 36.4 Å². The average Bonchev–Trinajstić information content (AvgIpc) is 3.44. The zero-order valence-corrected chi connectivity index (χ0v) is 25.1. The van der Waals surface area contributed by atoms with Crippen LogP contribution >= 0.6 is 22.6 Å². The molecule has 2 amide bonds. The first-order valence-electron chi connectivity index (χ1n) is 14.0. The van der Waals surface area contributed by atoms with E-state index in [0.29, 0.717) is 22.7 Å². The molecular weight excluding hydrogens is 639 g/mol. The number of hydrogen-bond acceptors (Lipinski definition) is 7. The van der Waals surface area contributed by atoms with Crippen molar-refractivity contribution in [1.82, 2.24) is 10.2 Å². The van der Waals surface area contributed by atoms with Gasteiger partial charge in [0.1, 0.15) is 18.0 Å². The zero-order valence-electron chi connectivity index (χ0n) is 22.9. The van der Waals surface area contributed by atoms with Crippen molar-refractivity contribution in [1.29, 1.82) is 0 Å². The molecule has 2 aliphatic carbocycles. The van der Waals surface area contributed by atoms with Crippen molar-refractivity contribution >= 4 is 45.4 Å². The number of furan rings is 1. The fourth-order valence-corrected chi connectivity index (χ4v) is 6.33. The Balaban J connectivity index is 1.54. The molecule has 0 unspecified atom stereocenters. The number of aliphatic hydroxyl groups excluding tert-OH is 2. The van der Waals surface area contributed by atoms with Crippen LogP contribution in [0.25, 0.3) is 11.0 Å². The Bertz CT molecular complexity index is 1410. The van der Waals surface area contributed by atoms with Gasteiger partial charge >= 0.3 is 0 Å². The minimum atomic E-state index is -1.11. The molecule has 0 aliphatic heterocycles. The molecule has 3 atom stereocenters. The molecule has 218 valence electrons. The maximum atomic E-state index is 14.3. The summed E-state index contributed by atoms with van der Waals surface area (Å²) in [5, 5.41) is 24.5. The Labute approximate surface area is 252 Å². The number of nitrogens with zero attached hydrogens (tertiary/aromatic N) is 1. The number of carbonyl (C=O) groups is 2. The molecule has 3 aromatic rings. The van der Waals surface area contributed by atoms with Gasteiger partial charge in [-0.3, -0.25) is 9.59 Å². The van der Waals surface area contributed by atoms with Crippen LogP contribution in [-0.2, 0) is 4.79 Å². The fourth-order valence-electron chi connectivity index (χ4n) is 5.81. The Morgan fingerprint density at radius 2 is 1.85 bits per heavy atom. The summed E-state index contributed by atoms with van der Waals surface area (Å²) < 4.78 is 18.6. The van der Waals surface area contributed by atoms with Gasteiger partial charge in [-0.1, -0.05) is 43.5 Å². The number of para-hydroxylation sites is 2. The molecule has 0 spiro atoms. The molecule has 1 fully saturated rings. The van der Waals surface area contributed by atoms with Crippen molar-refractivity contribution in [2.45, 2.75) is 62.8 Å². The molecule has 5 rings (SSSR count). The molecule has 1 aromatic heterocycles. The van der Waals surface area contributed by atoms with Crippen molar-refractivity contribution in [3.63, 3.8) is 0 Å². The molecule has 1 heterocycles. The normalized spacial score (nSPS) is 21.3. The third kappa shape index (κ3) is 6.39. The van der Waals surface area contributed by atoms with Gasteiger partial charge in [0.05, 0.1) is 23.3 Å². The summed E-state index contributed by atoms with van der Waals surface area (Å²) in [6.45, 7) is -0.104. The van der Waals surface area contributed by atoms with Crippen molar-refractivity contribution in [2.75, 3.05) is 20.3 Å². The molecule has 9 nitrogen and oxygen atoms in total. The SMILES string of the molecule is COc1cccc2cc(C(=O)N(C3CCCCC3)[C@@H]3CC(C(=O)NCCO)=C[C@H](Oc4ccccc4I)[C@H]3O)oc12. The van der Waals surface area contributed by atoms with Crippen LogP contribution in [0.4, 0.5) is 0 Å². The first kappa shape index (κ1) is 29.4. The summed E-state index contributed by atoms with van der Waals surface area (Å²) in [5.74, 6) is 0.545. The summed E-state index contributed by atoms with van der Waals surface area (Å²) >= 11 is 2.16. The van der Waals surface area contributed by atoms with E-state index in [0.717, 1.165) is 41.1 Å². The van der Waals surface area contributed by atoms with Crippen LogP contribution in [0.3, 0.4) is 0 Å². The van der Waals surface area contributed by atoms with Crippen LogP contribution in [0.2, 0.25) is 0 Å². The van der Waals surface area contributed by atoms with E-state index >= 15 is 0 Å². The summed E-state index contributed by atoms with van der Waals surface area (Å²) in [6.07, 6.45) is 4.37. The minimum Gasteiger partial charge on any atom is -0.493 e. The smallest absolute Gasteiger partial charge is 0.290 e. The highest BCUT2D eigenvalue weighted by atomic mass is 127.